The fourth-order valence-electron chi connectivity index (χ4n) is 1.79. The second-order valence-electron chi connectivity index (χ2n) is 4.55. The molecule has 0 fully saturated rings. The van der Waals surface area contributed by atoms with Crippen LogP contribution < -0.4 is 10.1 Å². The number of benzene rings is 1. The van der Waals surface area contributed by atoms with E-state index in [4.69, 9.17) is 14.3 Å². The number of esters is 1. The molecule has 1 amide bonds. The number of amides is 1. The highest BCUT2D eigenvalue weighted by molar-refractivity contribution is 5.91. The lowest BCUT2D eigenvalue weighted by atomic mass is 10.2. The Kier molecular flexibility index (Phi) is 5.76. The predicted molar refractivity (Wildman–Crippen MR) is 80.2 cm³/mol. The third kappa shape index (κ3) is 4.58. The molecular formula is C16H17NO6. The number of methoxy groups -OCH3 is 1. The van der Waals surface area contributed by atoms with E-state index < -0.39 is 11.9 Å². The van der Waals surface area contributed by atoms with E-state index >= 15 is 0 Å². The first-order chi connectivity index (χ1) is 11.1. The number of aliphatic hydroxyl groups is 1. The first kappa shape index (κ1) is 16.6. The average Bonchev–Trinajstić information content (AvgIpc) is 3.06. The zero-order chi connectivity index (χ0) is 16.7. The van der Waals surface area contributed by atoms with Gasteiger partial charge >= 0.3 is 5.97 Å². The van der Waals surface area contributed by atoms with Gasteiger partial charge in [0.15, 0.2) is 5.76 Å². The van der Waals surface area contributed by atoms with Crippen molar-refractivity contribution in [1.82, 2.24) is 5.32 Å². The van der Waals surface area contributed by atoms with Crippen molar-refractivity contribution in [2.45, 2.75) is 6.61 Å². The summed E-state index contributed by atoms with van der Waals surface area (Å²) in [6.45, 7) is 0.173. The van der Waals surface area contributed by atoms with Gasteiger partial charge in [0.1, 0.15) is 18.1 Å². The monoisotopic (exact) mass is 319 g/mol. The number of hydrogen-bond acceptors (Lipinski definition) is 6. The molecule has 0 unspecified atom stereocenters. The van der Waals surface area contributed by atoms with Gasteiger partial charge in [-0.2, -0.15) is 0 Å². The van der Waals surface area contributed by atoms with Crippen LogP contribution in [0.15, 0.2) is 40.8 Å². The summed E-state index contributed by atoms with van der Waals surface area (Å²) in [5.41, 5.74) is 0.431. The van der Waals surface area contributed by atoms with E-state index in [1.807, 2.05) is 0 Å². The molecule has 0 aliphatic carbocycles. The maximum atomic E-state index is 11.6. The Hall–Kier alpha value is -2.80. The van der Waals surface area contributed by atoms with E-state index in [2.05, 4.69) is 10.1 Å². The van der Waals surface area contributed by atoms with E-state index in [1.54, 1.807) is 30.3 Å². The van der Waals surface area contributed by atoms with Crippen LogP contribution in [0.5, 0.6) is 5.75 Å². The molecule has 1 aromatic carbocycles. The Bertz CT molecular complexity index is 661. The molecule has 0 aliphatic heterocycles. The number of carbonyl (C=O) groups is 2. The van der Waals surface area contributed by atoms with Crippen molar-refractivity contribution in [1.29, 1.82) is 0 Å². The molecule has 0 bridgehead atoms. The highest BCUT2D eigenvalue weighted by Crippen LogP contribution is 2.16. The molecule has 0 atom stereocenters. The lowest BCUT2D eigenvalue weighted by Gasteiger charge is -2.05. The minimum atomic E-state index is -0.416. The van der Waals surface area contributed by atoms with Gasteiger partial charge in [0.05, 0.1) is 19.3 Å². The van der Waals surface area contributed by atoms with Crippen molar-refractivity contribution in [3.05, 3.63) is 53.5 Å². The summed E-state index contributed by atoms with van der Waals surface area (Å²) in [4.78, 5) is 22.9. The van der Waals surface area contributed by atoms with Crippen LogP contribution in [-0.4, -0.2) is 37.2 Å². The van der Waals surface area contributed by atoms with Gasteiger partial charge in [-0.25, -0.2) is 4.79 Å². The van der Waals surface area contributed by atoms with E-state index in [9.17, 15) is 9.59 Å². The van der Waals surface area contributed by atoms with Crippen LogP contribution in [0.4, 0.5) is 0 Å². The number of furan rings is 1. The summed E-state index contributed by atoms with van der Waals surface area (Å²) in [6.07, 6.45) is 0. The molecule has 0 saturated carbocycles. The minimum absolute atomic E-state index is 0.135. The van der Waals surface area contributed by atoms with Gasteiger partial charge in [0.2, 0.25) is 0 Å². The molecule has 0 radical (unpaired) electrons. The fourth-order valence-corrected chi connectivity index (χ4v) is 1.79. The summed E-state index contributed by atoms with van der Waals surface area (Å²) in [7, 11) is 1.32. The van der Waals surface area contributed by atoms with Crippen molar-refractivity contribution in [3.8, 4) is 5.75 Å². The van der Waals surface area contributed by atoms with E-state index in [1.165, 1.54) is 13.2 Å². The molecule has 2 N–H and O–H groups in total. The molecule has 7 nitrogen and oxygen atoms in total. The lowest BCUT2D eigenvalue weighted by molar-refractivity contribution is 0.0600. The molecular weight excluding hydrogens is 302 g/mol. The van der Waals surface area contributed by atoms with E-state index in [-0.39, 0.29) is 25.5 Å². The minimum Gasteiger partial charge on any atom is -0.486 e. The van der Waals surface area contributed by atoms with Gasteiger partial charge in [-0.15, -0.1) is 0 Å². The van der Waals surface area contributed by atoms with Crippen molar-refractivity contribution in [3.63, 3.8) is 0 Å². The van der Waals surface area contributed by atoms with Gasteiger partial charge in [-0.1, -0.05) is 0 Å². The summed E-state index contributed by atoms with van der Waals surface area (Å²) in [5.74, 6) is 0.378. The first-order valence-corrected chi connectivity index (χ1v) is 6.93. The van der Waals surface area contributed by atoms with Gasteiger partial charge in [0.25, 0.3) is 5.91 Å². The van der Waals surface area contributed by atoms with Gasteiger partial charge in [-0.3, -0.25) is 4.79 Å². The van der Waals surface area contributed by atoms with Crippen LogP contribution in [-0.2, 0) is 11.3 Å². The standard InChI is InChI=1S/C16H17NO6/c1-21-16(20)11-2-4-12(5-3-11)22-10-13-6-7-14(23-13)15(19)17-8-9-18/h2-7,18H,8-10H2,1H3,(H,17,19). The SMILES string of the molecule is COC(=O)c1ccc(OCc2ccc(C(=O)NCCO)o2)cc1. The van der Waals surface area contributed by atoms with Gasteiger partial charge in [-0.05, 0) is 36.4 Å². The summed E-state index contributed by atoms with van der Waals surface area (Å²) >= 11 is 0. The van der Waals surface area contributed by atoms with Crippen LogP contribution in [0.1, 0.15) is 26.7 Å². The van der Waals surface area contributed by atoms with Crippen molar-refractivity contribution < 1.29 is 28.6 Å². The first-order valence-electron chi connectivity index (χ1n) is 6.93. The zero-order valence-electron chi connectivity index (χ0n) is 12.6. The molecule has 122 valence electrons. The number of nitrogens with one attached hydrogen (secondary N) is 1. The number of rotatable bonds is 7. The Labute approximate surface area is 132 Å². The summed E-state index contributed by atoms with van der Waals surface area (Å²) < 4.78 is 15.5. The molecule has 0 spiro atoms. The average molecular weight is 319 g/mol. The lowest BCUT2D eigenvalue weighted by Crippen LogP contribution is -2.25. The quantitative estimate of drug-likeness (QED) is 0.748. The van der Waals surface area contributed by atoms with Crippen molar-refractivity contribution >= 4 is 11.9 Å². The highest BCUT2D eigenvalue weighted by atomic mass is 16.5. The van der Waals surface area contributed by atoms with Crippen molar-refractivity contribution in [2.75, 3.05) is 20.3 Å². The molecule has 7 heteroatoms. The van der Waals surface area contributed by atoms with Gasteiger partial charge < -0.3 is 24.3 Å². The van der Waals surface area contributed by atoms with Crippen LogP contribution in [0.2, 0.25) is 0 Å². The largest absolute Gasteiger partial charge is 0.486 e. The normalized spacial score (nSPS) is 10.2. The number of aliphatic hydroxyl groups excluding tert-OH is 1. The third-order valence-electron chi connectivity index (χ3n) is 2.94. The summed E-state index contributed by atoms with van der Waals surface area (Å²) in [6, 6.07) is 9.64. The Morgan fingerprint density at radius 2 is 1.91 bits per heavy atom. The maximum Gasteiger partial charge on any atom is 0.337 e. The zero-order valence-corrected chi connectivity index (χ0v) is 12.6. The van der Waals surface area contributed by atoms with Crippen LogP contribution in [0.25, 0.3) is 0 Å². The smallest absolute Gasteiger partial charge is 0.337 e. The Morgan fingerprint density at radius 1 is 1.17 bits per heavy atom. The van der Waals surface area contributed by atoms with Crippen LogP contribution >= 0.6 is 0 Å². The van der Waals surface area contributed by atoms with Crippen LogP contribution in [0.3, 0.4) is 0 Å². The number of carbonyl (C=O) groups excluding carboxylic acids is 2. The Balaban J connectivity index is 1.90. The van der Waals surface area contributed by atoms with Crippen LogP contribution in [0, 0.1) is 0 Å². The molecule has 0 saturated heterocycles. The number of hydrogen-bond donors (Lipinski definition) is 2. The second kappa shape index (κ2) is 8.00. The number of ether oxygens (including phenoxy) is 2. The summed E-state index contributed by atoms with van der Waals surface area (Å²) in [5, 5.41) is 11.1. The molecule has 2 aromatic rings. The van der Waals surface area contributed by atoms with Crippen molar-refractivity contribution in [2.24, 2.45) is 0 Å². The van der Waals surface area contributed by atoms with E-state index in [0.29, 0.717) is 17.1 Å². The van der Waals surface area contributed by atoms with E-state index in [0.717, 1.165) is 0 Å². The molecule has 1 heterocycles. The fraction of sp³-hybridized carbons (Fsp3) is 0.250. The maximum absolute atomic E-state index is 11.6. The topological polar surface area (TPSA) is 98.0 Å². The Morgan fingerprint density at radius 3 is 2.57 bits per heavy atom. The second-order valence-corrected chi connectivity index (χ2v) is 4.55. The molecule has 23 heavy (non-hydrogen) atoms. The predicted octanol–water partition coefficient (Wildman–Crippen LogP) is 1.37. The van der Waals surface area contributed by atoms with Gasteiger partial charge in [0, 0.05) is 6.54 Å². The highest BCUT2D eigenvalue weighted by Gasteiger charge is 2.11. The molecule has 2 rings (SSSR count). The molecule has 1 aromatic heterocycles. The third-order valence-corrected chi connectivity index (χ3v) is 2.94. The molecule has 0 aliphatic rings.